The minimum absolute atomic E-state index is 0.0305. The van der Waals surface area contributed by atoms with Gasteiger partial charge >= 0.3 is 0 Å². The van der Waals surface area contributed by atoms with Gasteiger partial charge in [-0.05, 0) is 38.0 Å². The molecule has 0 aliphatic heterocycles. The molecule has 6 nitrogen and oxygen atoms in total. The first-order valence-electron chi connectivity index (χ1n) is 8.78. The molecule has 0 saturated heterocycles. The maximum absolute atomic E-state index is 12.0. The van der Waals surface area contributed by atoms with Gasteiger partial charge in [0, 0.05) is 24.1 Å². The highest BCUT2D eigenvalue weighted by atomic mass is 16.3. The van der Waals surface area contributed by atoms with Gasteiger partial charge in [-0.25, -0.2) is 4.98 Å². The van der Waals surface area contributed by atoms with Crippen molar-refractivity contribution in [3.05, 3.63) is 48.0 Å². The van der Waals surface area contributed by atoms with Crippen molar-refractivity contribution >= 4 is 11.6 Å². The monoisotopic (exact) mass is 344 g/mol. The van der Waals surface area contributed by atoms with Crippen LogP contribution in [-0.2, 0) is 17.8 Å². The van der Waals surface area contributed by atoms with E-state index < -0.39 is 0 Å². The molecular weight excluding hydrogens is 316 g/mol. The Labute approximate surface area is 149 Å². The van der Waals surface area contributed by atoms with Crippen molar-refractivity contribution in [1.29, 1.82) is 0 Å². The lowest BCUT2D eigenvalue weighted by Gasteiger charge is -2.14. The molecule has 1 unspecified atom stereocenters. The number of nitrogens with zero attached hydrogens (tertiary/aromatic N) is 2. The zero-order valence-electron chi connectivity index (χ0n) is 15.2. The molecular formula is C19H28N4O2. The third kappa shape index (κ3) is 5.60. The Morgan fingerprint density at radius 3 is 2.60 bits per heavy atom. The highest BCUT2D eigenvalue weighted by Crippen LogP contribution is 2.13. The summed E-state index contributed by atoms with van der Waals surface area (Å²) in [6, 6.07) is 8.03. The summed E-state index contributed by atoms with van der Waals surface area (Å²) in [4.78, 5) is 16.3. The van der Waals surface area contributed by atoms with Crippen LogP contribution in [0.15, 0.2) is 36.7 Å². The van der Waals surface area contributed by atoms with Gasteiger partial charge < -0.3 is 20.3 Å². The molecule has 1 atom stereocenters. The molecule has 25 heavy (non-hydrogen) atoms. The quantitative estimate of drug-likeness (QED) is 0.653. The molecule has 0 fully saturated rings. The average molecular weight is 344 g/mol. The van der Waals surface area contributed by atoms with E-state index in [-0.39, 0.29) is 18.6 Å². The molecule has 2 rings (SSSR count). The normalized spacial score (nSPS) is 12.2. The average Bonchev–Trinajstić information content (AvgIpc) is 3.08. The lowest BCUT2D eigenvalue weighted by Crippen LogP contribution is -2.37. The first kappa shape index (κ1) is 19.0. The summed E-state index contributed by atoms with van der Waals surface area (Å²) >= 11 is 0. The Bertz CT molecular complexity index is 660. The van der Waals surface area contributed by atoms with E-state index in [1.165, 1.54) is 0 Å². The predicted molar refractivity (Wildman–Crippen MR) is 99.4 cm³/mol. The maximum Gasteiger partial charge on any atom is 0.224 e. The number of aliphatic hydroxyl groups is 1. The number of benzene rings is 1. The number of aromatic nitrogens is 2. The van der Waals surface area contributed by atoms with E-state index in [0.29, 0.717) is 19.0 Å². The van der Waals surface area contributed by atoms with Crippen molar-refractivity contribution < 1.29 is 9.90 Å². The number of nitrogens with one attached hydrogen (secondary N) is 2. The number of carbonyl (C=O) groups is 1. The van der Waals surface area contributed by atoms with Crippen LogP contribution < -0.4 is 10.6 Å². The van der Waals surface area contributed by atoms with E-state index in [2.05, 4.69) is 34.0 Å². The van der Waals surface area contributed by atoms with Crippen LogP contribution in [0.25, 0.3) is 0 Å². The lowest BCUT2D eigenvalue weighted by molar-refractivity contribution is -0.121. The number of hydrogen-bond acceptors (Lipinski definition) is 4. The van der Waals surface area contributed by atoms with Crippen molar-refractivity contribution in [2.45, 2.75) is 52.2 Å². The molecule has 0 spiro atoms. The van der Waals surface area contributed by atoms with E-state index in [1.54, 1.807) is 0 Å². The summed E-state index contributed by atoms with van der Waals surface area (Å²) in [7, 11) is 0. The highest BCUT2D eigenvalue weighted by Gasteiger charge is 2.10. The Kier molecular flexibility index (Phi) is 7.01. The van der Waals surface area contributed by atoms with Crippen molar-refractivity contribution in [2.75, 3.05) is 11.9 Å². The number of amides is 1. The van der Waals surface area contributed by atoms with E-state index in [4.69, 9.17) is 5.11 Å². The van der Waals surface area contributed by atoms with Gasteiger partial charge in [0.1, 0.15) is 5.82 Å². The van der Waals surface area contributed by atoms with Gasteiger partial charge in [0.2, 0.25) is 5.91 Å². The fraction of sp³-hybridized carbons (Fsp3) is 0.474. The zero-order valence-corrected chi connectivity index (χ0v) is 15.2. The molecule has 0 bridgehead atoms. The molecule has 0 aliphatic rings. The predicted octanol–water partition coefficient (Wildman–Crippen LogP) is 2.51. The molecule has 6 heteroatoms. The van der Waals surface area contributed by atoms with E-state index >= 15 is 0 Å². The molecule has 0 radical (unpaired) electrons. The summed E-state index contributed by atoms with van der Waals surface area (Å²) in [6.07, 6.45) is 4.83. The summed E-state index contributed by atoms with van der Waals surface area (Å²) in [6.45, 7) is 6.82. The van der Waals surface area contributed by atoms with Crippen molar-refractivity contribution in [3.63, 3.8) is 0 Å². The largest absolute Gasteiger partial charge is 0.394 e. The van der Waals surface area contributed by atoms with Crippen LogP contribution in [0, 0.1) is 0 Å². The van der Waals surface area contributed by atoms with Crippen molar-refractivity contribution in [2.24, 2.45) is 0 Å². The highest BCUT2D eigenvalue weighted by molar-refractivity contribution is 5.79. The fourth-order valence-electron chi connectivity index (χ4n) is 2.61. The van der Waals surface area contributed by atoms with E-state index in [1.807, 2.05) is 43.6 Å². The van der Waals surface area contributed by atoms with Crippen LogP contribution in [-0.4, -0.2) is 33.2 Å². The SMILES string of the molecule is CCC(CO)NC(=O)Cc1ccc(NCc2nccn2C(C)C)cc1. The minimum atomic E-state index is -0.168. The summed E-state index contributed by atoms with van der Waals surface area (Å²) in [5.41, 5.74) is 1.93. The molecule has 1 heterocycles. The Morgan fingerprint density at radius 2 is 2.00 bits per heavy atom. The minimum Gasteiger partial charge on any atom is -0.394 e. The number of aliphatic hydroxyl groups excluding tert-OH is 1. The summed E-state index contributed by atoms with van der Waals surface area (Å²) < 4.78 is 2.14. The van der Waals surface area contributed by atoms with E-state index in [0.717, 1.165) is 23.5 Å². The molecule has 2 aromatic rings. The van der Waals surface area contributed by atoms with E-state index in [9.17, 15) is 4.79 Å². The first-order chi connectivity index (χ1) is 12.0. The van der Waals surface area contributed by atoms with Crippen LogP contribution in [0.3, 0.4) is 0 Å². The molecule has 1 amide bonds. The van der Waals surface area contributed by atoms with Gasteiger partial charge in [-0.1, -0.05) is 19.1 Å². The Balaban J connectivity index is 1.87. The van der Waals surface area contributed by atoms with Crippen LogP contribution >= 0.6 is 0 Å². The Morgan fingerprint density at radius 1 is 1.28 bits per heavy atom. The standard InChI is InChI=1S/C19H28N4O2/c1-4-16(13-24)22-19(25)11-15-5-7-17(8-6-15)21-12-18-20-9-10-23(18)14(2)3/h5-10,14,16,21,24H,4,11-13H2,1-3H3,(H,22,25). The zero-order chi connectivity index (χ0) is 18.2. The third-order valence-electron chi connectivity index (χ3n) is 4.15. The maximum atomic E-state index is 12.0. The molecule has 3 N–H and O–H groups in total. The second-order valence-electron chi connectivity index (χ2n) is 6.43. The molecule has 1 aromatic heterocycles. The fourth-order valence-corrected chi connectivity index (χ4v) is 2.61. The van der Waals surface area contributed by atoms with Crippen molar-refractivity contribution in [1.82, 2.24) is 14.9 Å². The molecule has 0 aliphatic carbocycles. The van der Waals surface area contributed by atoms with Gasteiger partial charge in [0.15, 0.2) is 0 Å². The number of hydrogen-bond donors (Lipinski definition) is 3. The molecule has 136 valence electrons. The van der Waals surface area contributed by atoms with Gasteiger partial charge in [-0.2, -0.15) is 0 Å². The van der Waals surface area contributed by atoms with Crippen LogP contribution in [0.5, 0.6) is 0 Å². The first-order valence-corrected chi connectivity index (χ1v) is 8.78. The lowest BCUT2D eigenvalue weighted by atomic mass is 10.1. The smallest absolute Gasteiger partial charge is 0.224 e. The van der Waals surface area contributed by atoms with Gasteiger partial charge in [-0.3, -0.25) is 4.79 Å². The Hall–Kier alpha value is -2.34. The van der Waals surface area contributed by atoms with Gasteiger partial charge in [-0.15, -0.1) is 0 Å². The van der Waals surface area contributed by atoms with Crippen LogP contribution in [0.2, 0.25) is 0 Å². The summed E-state index contributed by atoms with van der Waals surface area (Å²) in [5, 5.41) is 15.3. The van der Waals surface area contributed by atoms with Crippen LogP contribution in [0.1, 0.15) is 44.6 Å². The topological polar surface area (TPSA) is 79.2 Å². The number of rotatable bonds is 9. The number of imidazole rings is 1. The number of anilines is 1. The molecule has 1 aromatic carbocycles. The second kappa shape index (κ2) is 9.22. The second-order valence-corrected chi connectivity index (χ2v) is 6.43. The van der Waals surface area contributed by atoms with Crippen molar-refractivity contribution in [3.8, 4) is 0 Å². The number of carbonyl (C=O) groups excluding carboxylic acids is 1. The molecule has 0 saturated carbocycles. The van der Waals surface area contributed by atoms with Gasteiger partial charge in [0.25, 0.3) is 0 Å². The third-order valence-corrected chi connectivity index (χ3v) is 4.15. The summed E-state index contributed by atoms with van der Waals surface area (Å²) in [5.74, 6) is 0.925. The van der Waals surface area contributed by atoms with Gasteiger partial charge in [0.05, 0.1) is 25.6 Å². The van der Waals surface area contributed by atoms with Crippen LogP contribution in [0.4, 0.5) is 5.69 Å².